The molecule has 0 radical (unpaired) electrons. The summed E-state index contributed by atoms with van der Waals surface area (Å²) in [5.41, 5.74) is 8.12. The first-order chi connectivity index (χ1) is 12.5. The van der Waals surface area contributed by atoms with Gasteiger partial charge in [0.05, 0.1) is 34.4 Å². The van der Waals surface area contributed by atoms with E-state index in [-0.39, 0.29) is 0 Å². The van der Waals surface area contributed by atoms with E-state index < -0.39 is 11.8 Å². The number of benzene rings is 1. The van der Waals surface area contributed by atoms with Crippen LogP contribution in [0.25, 0.3) is 0 Å². The lowest BCUT2D eigenvalue weighted by atomic mass is 9.86. The Balaban J connectivity index is 1.95. The minimum absolute atomic E-state index is 0.351. The molecule has 2 heterocycles. The molecule has 5 nitrogen and oxygen atoms in total. The number of carbonyl (C=O) groups excluding carboxylic acids is 1. The standard InChI is InChI=1S/C19H16BrN3O2S/c1-11-16(18(22)24)17(15-3-2-8-25-15)14(9-21)19(23-11)26-10-12-4-6-13(20)7-5-12/h2-8,17,23H,10H2,1H3,(H2,22,24)/t17-/m1/s1. The molecule has 0 spiro atoms. The van der Waals surface area contributed by atoms with Crippen molar-refractivity contribution < 1.29 is 9.21 Å². The normalized spacial score (nSPS) is 17.0. The summed E-state index contributed by atoms with van der Waals surface area (Å²) in [5, 5.41) is 13.6. The molecule has 0 saturated carbocycles. The zero-order valence-corrected chi connectivity index (χ0v) is 16.4. The highest BCUT2D eigenvalue weighted by atomic mass is 79.9. The first-order valence-electron chi connectivity index (χ1n) is 7.83. The Labute approximate surface area is 164 Å². The van der Waals surface area contributed by atoms with Gasteiger partial charge in [0.1, 0.15) is 5.76 Å². The summed E-state index contributed by atoms with van der Waals surface area (Å²) in [6, 6.07) is 13.7. The van der Waals surface area contributed by atoms with Crippen LogP contribution in [0.15, 0.2) is 73.4 Å². The van der Waals surface area contributed by atoms with E-state index in [2.05, 4.69) is 27.3 Å². The quantitative estimate of drug-likeness (QED) is 0.744. The Morgan fingerprint density at radius 2 is 2.12 bits per heavy atom. The fourth-order valence-electron chi connectivity index (χ4n) is 2.83. The Hall–Kier alpha value is -2.43. The SMILES string of the molecule is CC1=C(C(N)=O)[C@@H](c2ccco2)C(C#N)=C(SCc2ccc(Br)cc2)N1. The molecule has 1 aromatic heterocycles. The topological polar surface area (TPSA) is 92.1 Å². The van der Waals surface area contributed by atoms with Crippen molar-refractivity contribution >= 4 is 33.6 Å². The molecule has 0 aliphatic carbocycles. The number of nitrogens with one attached hydrogen (secondary N) is 1. The monoisotopic (exact) mass is 429 g/mol. The van der Waals surface area contributed by atoms with Crippen molar-refractivity contribution in [3.8, 4) is 6.07 Å². The number of nitrogens with zero attached hydrogens (tertiary/aromatic N) is 1. The van der Waals surface area contributed by atoms with E-state index in [1.165, 1.54) is 18.0 Å². The van der Waals surface area contributed by atoms with Crippen molar-refractivity contribution in [2.24, 2.45) is 5.73 Å². The third kappa shape index (κ3) is 3.71. The molecule has 0 unspecified atom stereocenters. The number of furan rings is 1. The van der Waals surface area contributed by atoms with Crippen LogP contribution in [0.3, 0.4) is 0 Å². The van der Waals surface area contributed by atoms with Crippen LogP contribution in [0.4, 0.5) is 0 Å². The van der Waals surface area contributed by atoms with E-state index in [0.29, 0.717) is 33.4 Å². The second-order valence-corrected chi connectivity index (χ2v) is 7.65. The maximum atomic E-state index is 12.0. The highest BCUT2D eigenvalue weighted by Crippen LogP contribution is 2.41. The van der Waals surface area contributed by atoms with E-state index in [9.17, 15) is 10.1 Å². The van der Waals surface area contributed by atoms with Gasteiger partial charge < -0.3 is 15.5 Å². The molecule has 1 atom stereocenters. The van der Waals surface area contributed by atoms with Crippen molar-refractivity contribution in [1.29, 1.82) is 5.26 Å². The van der Waals surface area contributed by atoms with Gasteiger partial charge in [-0.25, -0.2) is 0 Å². The zero-order chi connectivity index (χ0) is 18.7. The number of amides is 1. The lowest BCUT2D eigenvalue weighted by Crippen LogP contribution is -2.30. The molecule has 0 saturated heterocycles. The molecule has 3 N–H and O–H groups in total. The van der Waals surface area contributed by atoms with E-state index in [0.717, 1.165) is 10.0 Å². The molecule has 1 aliphatic rings. The van der Waals surface area contributed by atoms with E-state index >= 15 is 0 Å². The number of thioether (sulfide) groups is 1. The van der Waals surface area contributed by atoms with Gasteiger partial charge in [-0.05, 0) is 36.8 Å². The molecular formula is C19H16BrN3O2S. The van der Waals surface area contributed by atoms with Gasteiger partial charge in [0, 0.05) is 15.9 Å². The molecular weight excluding hydrogens is 414 g/mol. The third-order valence-electron chi connectivity index (χ3n) is 4.04. The first-order valence-corrected chi connectivity index (χ1v) is 9.61. The average Bonchev–Trinajstić information content (AvgIpc) is 3.14. The molecule has 0 bridgehead atoms. The predicted octanol–water partition coefficient (Wildman–Crippen LogP) is 4.16. The molecule has 1 aliphatic heterocycles. The van der Waals surface area contributed by atoms with Gasteiger partial charge in [0.2, 0.25) is 5.91 Å². The highest BCUT2D eigenvalue weighted by molar-refractivity contribution is 9.10. The summed E-state index contributed by atoms with van der Waals surface area (Å²) < 4.78 is 6.50. The second kappa shape index (κ2) is 7.85. The summed E-state index contributed by atoms with van der Waals surface area (Å²) in [7, 11) is 0. The Morgan fingerprint density at radius 3 is 2.69 bits per heavy atom. The van der Waals surface area contributed by atoms with Crippen LogP contribution in [0.1, 0.15) is 24.2 Å². The number of hydrogen-bond donors (Lipinski definition) is 2. The van der Waals surface area contributed by atoms with Gasteiger partial charge in [0.15, 0.2) is 0 Å². The molecule has 7 heteroatoms. The number of nitriles is 1. The smallest absolute Gasteiger partial charge is 0.247 e. The summed E-state index contributed by atoms with van der Waals surface area (Å²) >= 11 is 4.93. The number of primary amides is 1. The number of nitrogens with two attached hydrogens (primary N) is 1. The van der Waals surface area contributed by atoms with Gasteiger partial charge in [-0.1, -0.05) is 28.1 Å². The third-order valence-corrected chi connectivity index (χ3v) is 5.65. The largest absolute Gasteiger partial charge is 0.468 e. The van der Waals surface area contributed by atoms with E-state index in [1.54, 1.807) is 19.1 Å². The molecule has 0 fully saturated rings. The van der Waals surface area contributed by atoms with Crippen molar-refractivity contribution in [3.05, 3.63) is 80.3 Å². The maximum Gasteiger partial charge on any atom is 0.247 e. The molecule has 1 amide bonds. The molecule has 2 aromatic rings. The second-order valence-electron chi connectivity index (χ2n) is 5.75. The Kier molecular flexibility index (Phi) is 5.55. The van der Waals surface area contributed by atoms with Crippen molar-refractivity contribution in [3.63, 3.8) is 0 Å². The fourth-order valence-corrected chi connectivity index (χ4v) is 4.14. The number of rotatable bonds is 5. The van der Waals surface area contributed by atoms with Crippen molar-refractivity contribution in [2.45, 2.75) is 18.6 Å². The van der Waals surface area contributed by atoms with Crippen molar-refractivity contribution in [2.75, 3.05) is 0 Å². The van der Waals surface area contributed by atoms with Crippen molar-refractivity contribution in [1.82, 2.24) is 5.32 Å². The zero-order valence-electron chi connectivity index (χ0n) is 14.0. The molecule has 1 aromatic carbocycles. The first kappa shape index (κ1) is 18.4. The number of allylic oxidation sites excluding steroid dienone is 2. The van der Waals surface area contributed by atoms with Gasteiger partial charge in [0.25, 0.3) is 0 Å². The number of halogens is 1. The fraction of sp³-hybridized carbons (Fsp3) is 0.158. The van der Waals surface area contributed by atoms with Crippen LogP contribution in [0.5, 0.6) is 0 Å². The van der Waals surface area contributed by atoms with Crippen LogP contribution >= 0.6 is 27.7 Å². The van der Waals surface area contributed by atoms with E-state index in [4.69, 9.17) is 10.2 Å². The van der Waals surface area contributed by atoms with Gasteiger partial charge in [-0.15, -0.1) is 11.8 Å². The molecule has 26 heavy (non-hydrogen) atoms. The van der Waals surface area contributed by atoms with Crippen LogP contribution in [-0.4, -0.2) is 5.91 Å². The maximum absolute atomic E-state index is 12.0. The summed E-state index contributed by atoms with van der Waals surface area (Å²) in [6.45, 7) is 1.78. The minimum atomic E-state index is -0.596. The molecule has 3 rings (SSSR count). The van der Waals surface area contributed by atoms with E-state index in [1.807, 2.05) is 24.3 Å². The number of hydrogen-bond acceptors (Lipinski definition) is 5. The summed E-state index contributed by atoms with van der Waals surface area (Å²) in [6.07, 6.45) is 1.52. The van der Waals surface area contributed by atoms with Crippen LogP contribution in [-0.2, 0) is 10.5 Å². The minimum Gasteiger partial charge on any atom is -0.468 e. The highest BCUT2D eigenvalue weighted by Gasteiger charge is 2.35. The lowest BCUT2D eigenvalue weighted by Gasteiger charge is -2.27. The van der Waals surface area contributed by atoms with Crippen LogP contribution in [0, 0.1) is 11.3 Å². The van der Waals surface area contributed by atoms with Gasteiger partial charge in [-0.3, -0.25) is 4.79 Å². The summed E-state index contributed by atoms with van der Waals surface area (Å²) in [4.78, 5) is 12.0. The summed E-state index contributed by atoms with van der Waals surface area (Å²) in [5.74, 6) is 0.0467. The van der Waals surface area contributed by atoms with Crippen LogP contribution in [0.2, 0.25) is 0 Å². The van der Waals surface area contributed by atoms with Gasteiger partial charge in [-0.2, -0.15) is 5.26 Å². The van der Waals surface area contributed by atoms with Crippen LogP contribution < -0.4 is 11.1 Å². The molecule has 132 valence electrons. The Morgan fingerprint density at radius 1 is 1.38 bits per heavy atom. The lowest BCUT2D eigenvalue weighted by molar-refractivity contribution is -0.114. The average molecular weight is 430 g/mol. The number of dihydropyridines is 1. The Bertz CT molecular complexity index is 925. The number of carbonyl (C=O) groups is 1. The van der Waals surface area contributed by atoms with Gasteiger partial charge >= 0.3 is 0 Å². The predicted molar refractivity (Wildman–Crippen MR) is 105 cm³/mol.